The summed E-state index contributed by atoms with van der Waals surface area (Å²) in [6, 6.07) is 3.78. The Morgan fingerprint density at radius 1 is 1.39 bits per heavy atom. The van der Waals surface area contributed by atoms with E-state index in [1.807, 2.05) is 19.1 Å². The SMILES string of the molecule is CCC(O)CNCc1cc(Cl)c2c(c1)OCCO2. The number of hydrogen-bond acceptors (Lipinski definition) is 4. The molecule has 0 aromatic heterocycles. The second-order valence-electron chi connectivity index (χ2n) is 4.29. The Kier molecular flexibility index (Phi) is 4.69. The highest BCUT2D eigenvalue weighted by molar-refractivity contribution is 6.32. The summed E-state index contributed by atoms with van der Waals surface area (Å²) in [5, 5.41) is 13.2. The van der Waals surface area contributed by atoms with Gasteiger partial charge in [-0.25, -0.2) is 0 Å². The van der Waals surface area contributed by atoms with Crippen LogP contribution in [0.1, 0.15) is 18.9 Å². The summed E-state index contributed by atoms with van der Waals surface area (Å²) in [5.41, 5.74) is 1.02. The highest BCUT2D eigenvalue weighted by atomic mass is 35.5. The van der Waals surface area contributed by atoms with Gasteiger partial charge in [-0.15, -0.1) is 0 Å². The molecule has 1 aromatic rings. The Bertz CT molecular complexity index is 411. The normalized spacial score (nSPS) is 15.5. The molecule has 1 aliphatic heterocycles. The number of aliphatic hydroxyl groups excluding tert-OH is 1. The van der Waals surface area contributed by atoms with E-state index in [2.05, 4.69) is 5.32 Å². The Balaban J connectivity index is 1.99. The molecule has 0 saturated carbocycles. The fraction of sp³-hybridized carbons (Fsp3) is 0.538. The van der Waals surface area contributed by atoms with Gasteiger partial charge in [0.2, 0.25) is 0 Å². The quantitative estimate of drug-likeness (QED) is 0.860. The summed E-state index contributed by atoms with van der Waals surface area (Å²) in [7, 11) is 0. The molecule has 0 bridgehead atoms. The third-order valence-corrected chi connectivity index (χ3v) is 3.12. The third-order valence-electron chi connectivity index (χ3n) is 2.84. The zero-order valence-corrected chi connectivity index (χ0v) is 11.2. The fourth-order valence-corrected chi connectivity index (χ4v) is 2.08. The predicted molar refractivity (Wildman–Crippen MR) is 70.4 cm³/mol. The highest BCUT2D eigenvalue weighted by Crippen LogP contribution is 2.38. The lowest BCUT2D eigenvalue weighted by Gasteiger charge is -2.20. The molecule has 0 saturated heterocycles. The number of nitrogens with one attached hydrogen (secondary N) is 1. The van der Waals surface area contributed by atoms with Crippen molar-refractivity contribution >= 4 is 11.6 Å². The maximum atomic E-state index is 9.45. The third kappa shape index (κ3) is 3.28. The van der Waals surface area contributed by atoms with E-state index in [0.29, 0.717) is 42.8 Å². The van der Waals surface area contributed by atoms with E-state index >= 15 is 0 Å². The lowest BCUT2D eigenvalue weighted by Crippen LogP contribution is -2.25. The van der Waals surface area contributed by atoms with Crippen LogP contribution in [0.4, 0.5) is 0 Å². The molecule has 2 N–H and O–H groups in total. The van der Waals surface area contributed by atoms with Crippen molar-refractivity contribution in [1.29, 1.82) is 0 Å². The van der Waals surface area contributed by atoms with Crippen molar-refractivity contribution < 1.29 is 14.6 Å². The number of hydrogen-bond donors (Lipinski definition) is 2. The molecule has 0 amide bonds. The Morgan fingerprint density at radius 2 is 2.17 bits per heavy atom. The van der Waals surface area contributed by atoms with E-state index in [0.717, 1.165) is 12.0 Å². The average molecular weight is 272 g/mol. The molecule has 1 aromatic carbocycles. The largest absolute Gasteiger partial charge is 0.486 e. The summed E-state index contributed by atoms with van der Waals surface area (Å²) in [4.78, 5) is 0. The van der Waals surface area contributed by atoms with Gasteiger partial charge in [-0.1, -0.05) is 18.5 Å². The zero-order chi connectivity index (χ0) is 13.0. The van der Waals surface area contributed by atoms with Gasteiger partial charge in [-0.05, 0) is 24.1 Å². The molecule has 1 atom stereocenters. The molecule has 4 nitrogen and oxygen atoms in total. The van der Waals surface area contributed by atoms with Crippen LogP contribution in [-0.2, 0) is 6.54 Å². The minimum atomic E-state index is -0.308. The molecular weight excluding hydrogens is 254 g/mol. The second kappa shape index (κ2) is 6.27. The average Bonchev–Trinajstić information content (AvgIpc) is 2.38. The molecule has 0 spiro atoms. The van der Waals surface area contributed by atoms with Gasteiger partial charge < -0.3 is 19.9 Å². The van der Waals surface area contributed by atoms with Crippen molar-refractivity contribution in [3.63, 3.8) is 0 Å². The highest BCUT2D eigenvalue weighted by Gasteiger charge is 2.16. The molecule has 0 aliphatic carbocycles. The van der Waals surface area contributed by atoms with Crippen molar-refractivity contribution in [2.75, 3.05) is 19.8 Å². The monoisotopic (exact) mass is 271 g/mol. The van der Waals surface area contributed by atoms with Crippen LogP contribution in [0.3, 0.4) is 0 Å². The van der Waals surface area contributed by atoms with Gasteiger partial charge in [-0.3, -0.25) is 0 Å². The van der Waals surface area contributed by atoms with Crippen molar-refractivity contribution in [2.24, 2.45) is 0 Å². The van der Waals surface area contributed by atoms with Crippen molar-refractivity contribution in [3.8, 4) is 11.5 Å². The maximum absolute atomic E-state index is 9.45. The molecule has 100 valence electrons. The van der Waals surface area contributed by atoms with Crippen LogP contribution in [0.2, 0.25) is 5.02 Å². The van der Waals surface area contributed by atoms with Crippen LogP contribution in [0.5, 0.6) is 11.5 Å². The first-order valence-corrected chi connectivity index (χ1v) is 6.55. The van der Waals surface area contributed by atoms with Crippen molar-refractivity contribution in [2.45, 2.75) is 26.0 Å². The molecule has 0 radical (unpaired) electrons. The molecule has 5 heteroatoms. The standard InChI is InChI=1S/C13H18ClNO3/c1-2-10(16)8-15-7-9-5-11(14)13-12(6-9)17-3-4-18-13/h5-6,10,15-16H,2-4,7-8H2,1H3. The van der Waals surface area contributed by atoms with Gasteiger partial charge in [0.25, 0.3) is 0 Å². The smallest absolute Gasteiger partial charge is 0.179 e. The lowest BCUT2D eigenvalue weighted by atomic mass is 10.2. The van der Waals surface area contributed by atoms with E-state index in [1.54, 1.807) is 0 Å². The predicted octanol–water partition coefficient (Wildman–Crippen LogP) is 1.97. The number of halogens is 1. The van der Waals surface area contributed by atoms with Gasteiger partial charge in [0.15, 0.2) is 11.5 Å². The van der Waals surface area contributed by atoms with Crippen molar-refractivity contribution in [1.82, 2.24) is 5.32 Å². The first-order chi connectivity index (χ1) is 8.70. The number of rotatable bonds is 5. The number of ether oxygens (including phenoxy) is 2. The zero-order valence-electron chi connectivity index (χ0n) is 10.4. The van der Waals surface area contributed by atoms with Crippen LogP contribution in [0.15, 0.2) is 12.1 Å². The molecule has 2 rings (SSSR count). The minimum Gasteiger partial charge on any atom is -0.486 e. The van der Waals surface area contributed by atoms with Gasteiger partial charge in [0.05, 0.1) is 11.1 Å². The van der Waals surface area contributed by atoms with Crippen LogP contribution < -0.4 is 14.8 Å². The van der Waals surface area contributed by atoms with E-state index < -0.39 is 0 Å². The van der Waals surface area contributed by atoms with E-state index in [9.17, 15) is 5.11 Å². The number of benzene rings is 1. The van der Waals surface area contributed by atoms with E-state index in [-0.39, 0.29) is 6.10 Å². The van der Waals surface area contributed by atoms with E-state index in [1.165, 1.54) is 0 Å². The topological polar surface area (TPSA) is 50.7 Å². The van der Waals surface area contributed by atoms with Crippen LogP contribution in [0, 0.1) is 0 Å². The van der Waals surface area contributed by atoms with Crippen LogP contribution in [-0.4, -0.2) is 31.0 Å². The summed E-state index contributed by atoms with van der Waals surface area (Å²) in [6.07, 6.45) is 0.437. The number of aliphatic hydroxyl groups is 1. The molecule has 1 unspecified atom stereocenters. The summed E-state index contributed by atoms with van der Waals surface area (Å²) < 4.78 is 11.0. The number of fused-ring (bicyclic) bond motifs is 1. The van der Waals surface area contributed by atoms with Gasteiger partial charge in [0.1, 0.15) is 13.2 Å². The first kappa shape index (κ1) is 13.5. The Morgan fingerprint density at radius 3 is 2.94 bits per heavy atom. The van der Waals surface area contributed by atoms with Gasteiger partial charge in [0, 0.05) is 13.1 Å². The summed E-state index contributed by atoms with van der Waals surface area (Å²) >= 11 is 6.13. The second-order valence-corrected chi connectivity index (χ2v) is 4.70. The molecule has 1 heterocycles. The van der Waals surface area contributed by atoms with Gasteiger partial charge in [-0.2, -0.15) is 0 Å². The first-order valence-electron chi connectivity index (χ1n) is 6.17. The molecule has 0 fully saturated rings. The minimum absolute atomic E-state index is 0.308. The molecular formula is C13H18ClNO3. The van der Waals surface area contributed by atoms with Gasteiger partial charge >= 0.3 is 0 Å². The fourth-order valence-electron chi connectivity index (χ4n) is 1.79. The maximum Gasteiger partial charge on any atom is 0.179 e. The Hall–Kier alpha value is -0.970. The van der Waals surface area contributed by atoms with Crippen LogP contribution >= 0.6 is 11.6 Å². The van der Waals surface area contributed by atoms with Crippen LogP contribution in [0.25, 0.3) is 0 Å². The molecule has 18 heavy (non-hydrogen) atoms. The Labute approximate surface area is 112 Å². The van der Waals surface area contributed by atoms with E-state index in [4.69, 9.17) is 21.1 Å². The summed E-state index contributed by atoms with van der Waals surface area (Å²) in [5.74, 6) is 1.32. The van der Waals surface area contributed by atoms with Crippen molar-refractivity contribution in [3.05, 3.63) is 22.7 Å². The summed E-state index contributed by atoms with van der Waals surface area (Å²) in [6.45, 7) is 4.25. The lowest BCUT2D eigenvalue weighted by molar-refractivity contribution is 0.166. The molecule has 1 aliphatic rings.